The van der Waals surface area contributed by atoms with Gasteiger partial charge >= 0.3 is 0 Å². The van der Waals surface area contributed by atoms with E-state index in [2.05, 4.69) is 19.6 Å². The quantitative estimate of drug-likeness (QED) is 0.856. The summed E-state index contributed by atoms with van der Waals surface area (Å²) in [5.41, 5.74) is 1.98. The summed E-state index contributed by atoms with van der Waals surface area (Å²) in [6, 6.07) is 1.97. The standard InChI is InChI=1S/C16H22N4O2S/c1-11-7-14(22-18-11)16-15(17-19-23-16)13-3-2-5-20(9-13)8-12-4-6-21-10-12/h7,12-13H,2-6,8-10H2,1H3/t12-,13-/m0/s1. The van der Waals surface area contributed by atoms with Gasteiger partial charge in [0.1, 0.15) is 4.88 Å². The summed E-state index contributed by atoms with van der Waals surface area (Å²) in [7, 11) is 0. The van der Waals surface area contributed by atoms with E-state index in [1.165, 1.54) is 37.3 Å². The number of hydrogen-bond acceptors (Lipinski definition) is 7. The largest absolute Gasteiger partial charge is 0.381 e. The van der Waals surface area contributed by atoms with Gasteiger partial charge < -0.3 is 14.2 Å². The predicted molar refractivity (Wildman–Crippen MR) is 87.5 cm³/mol. The molecular weight excluding hydrogens is 312 g/mol. The second kappa shape index (κ2) is 6.67. The normalized spacial score (nSPS) is 26.0. The number of aromatic nitrogens is 3. The van der Waals surface area contributed by atoms with Gasteiger partial charge in [-0.3, -0.25) is 0 Å². The molecule has 2 fully saturated rings. The highest BCUT2D eigenvalue weighted by atomic mass is 32.1. The lowest BCUT2D eigenvalue weighted by Gasteiger charge is -2.33. The molecule has 4 heterocycles. The summed E-state index contributed by atoms with van der Waals surface area (Å²) in [5, 5.41) is 8.42. The Balaban J connectivity index is 1.48. The Morgan fingerprint density at radius 3 is 3.13 bits per heavy atom. The minimum atomic E-state index is 0.435. The lowest BCUT2D eigenvalue weighted by Crippen LogP contribution is -2.38. The third-order valence-corrected chi connectivity index (χ3v) is 5.55. The molecule has 124 valence electrons. The average Bonchev–Trinajstić information content (AvgIpc) is 3.28. The maximum absolute atomic E-state index is 5.51. The summed E-state index contributed by atoms with van der Waals surface area (Å²) < 4.78 is 15.1. The average molecular weight is 334 g/mol. The molecule has 2 aliphatic heterocycles. The van der Waals surface area contributed by atoms with Crippen LogP contribution >= 0.6 is 11.5 Å². The van der Waals surface area contributed by atoms with Crippen LogP contribution in [-0.4, -0.2) is 52.5 Å². The number of rotatable bonds is 4. The summed E-state index contributed by atoms with van der Waals surface area (Å²) in [6.45, 7) is 7.16. The predicted octanol–water partition coefficient (Wildman–Crippen LogP) is 2.72. The highest BCUT2D eigenvalue weighted by molar-refractivity contribution is 7.09. The van der Waals surface area contributed by atoms with E-state index < -0.39 is 0 Å². The number of likely N-dealkylation sites (tertiary alicyclic amines) is 1. The maximum atomic E-state index is 5.51. The van der Waals surface area contributed by atoms with E-state index in [0.717, 1.165) is 48.3 Å². The highest BCUT2D eigenvalue weighted by Gasteiger charge is 2.29. The molecule has 0 N–H and O–H groups in total. The molecule has 2 atom stereocenters. The van der Waals surface area contributed by atoms with Gasteiger partial charge in [0.25, 0.3) is 0 Å². The number of piperidine rings is 1. The van der Waals surface area contributed by atoms with Crippen molar-refractivity contribution in [1.82, 2.24) is 19.6 Å². The van der Waals surface area contributed by atoms with Gasteiger partial charge in [0, 0.05) is 31.7 Å². The molecule has 0 radical (unpaired) electrons. The highest BCUT2D eigenvalue weighted by Crippen LogP contribution is 2.35. The second-order valence-electron chi connectivity index (χ2n) is 6.65. The lowest BCUT2D eigenvalue weighted by molar-refractivity contribution is 0.149. The van der Waals surface area contributed by atoms with Crippen LogP contribution in [0.2, 0.25) is 0 Å². The second-order valence-corrected chi connectivity index (χ2v) is 7.40. The molecule has 0 amide bonds. The minimum Gasteiger partial charge on any atom is -0.381 e. The molecule has 23 heavy (non-hydrogen) atoms. The Bertz CT molecular complexity index is 650. The maximum Gasteiger partial charge on any atom is 0.180 e. The Labute approximate surface area is 140 Å². The van der Waals surface area contributed by atoms with Crippen LogP contribution in [0.15, 0.2) is 10.6 Å². The fourth-order valence-corrected chi connectivity index (χ4v) is 4.34. The first kappa shape index (κ1) is 15.2. The molecule has 4 rings (SSSR count). The van der Waals surface area contributed by atoms with Crippen molar-refractivity contribution in [2.45, 2.75) is 32.1 Å². The Morgan fingerprint density at radius 1 is 1.39 bits per heavy atom. The molecule has 0 unspecified atom stereocenters. The van der Waals surface area contributed by atoms with Crippen LogP contribution in [0.4, 0.5) is 0 Å². The van der Waals surface area contributed by atoms with Crippen molar-refractivity contribution in [3.63, 3.8) is 0 Å². The molecular formula is C16H22N4O2S. The number of aryl methyl sites for hydroxylation is 1. The van der Waals surface area contributed by atoms with E-state index in [-0.39, 0.29) is 0 Å². The monoisotopic (exact) mass is 334 g/mol. The molecule has 0 spiro atoms. The van der Waals surface area contributed by atoms with Crippen LogP contribution in [-0.2, 0) is 4.74 Å². The van der Waals surface area contributed by atoms with E-state index in [1.807, 2.05) is 13.0 Å². The van der Waals surface area contributed by atoms with Gasteiger partial charge in [-0.2, -0.15) is 0 Å². The molecule has 2 saturated heterocycles. The number of ether oxygens (including phenoxy) is 1. The molecule has 7 heteroatoms. The van der Waals surface area contributed by atoms with E-state index >= 15 is 0 Å². The van der Waals surface area contributed by atoms with Crippen molar-refractivity contribution >= 4 is 11.5 Å². The molecule has 0 bridgehead atoms. The van der Waals surface area contributed by atoms with E-state index in [0.29, 0.717) is 11.8 Å². The van der Waals surface area contributed by atoms with Crippen molar-refractivity contribution in [2.24, 2.45) is 5.92 Å². The van der Waals surface area contributed by atoms with Gasteiger partial charge in [-0.25, -0.2) is 0 Å². The van der Waals surface area contributed by atoms with Crippen LogP contribution in [0.5, 0.6) is 0 Å². The Morgan fingerprint density at radius 2 is 2.35 bits per heavy atom. The lowest BCUT2D eigenvalue weighted by atomic mass is 9.93. The van der Waals surface area contributed by atoms with Crippen molar-refractivity contribution in [3.05, 3.63) is 17.5 Å². The van der Waals surface area contributed by atoms with Crippen molar-refractivity contribution in [1.29, 1.82) is 0 Å². The van der Waals surface area contributed by atoms with Crippen LogP contribution < -0.4 is 0 Å². The summed E-state index contributed by atoms with van der Waals surface area (Å²) >= 11 is 1.41. The van der Waals surface area contributed by atoms with Gasteiger partial charge in [0.05, 0.1) is 18.0 Å². The van der Waals surface area contributed by atoms with Crippen LogP contribution in [0.3, 0.4) is 0 Å². The van der Waals surface area contributed by atoms with Crippen molar-refractivity contribution in [2.75, 3.05) is 32.8 Å². The van der Waals surface area contributed by atoms with Crippen LogP contribution in [0, 0.1) is 12.8 Å². The van der Waals surface area contributed by atoms with Gasteiger partial charge in [-0.05, 0) is 50.2 Å². The first-order chi connectivity index (χ1) is 11.3. The summed E-state index contributed by atoms with van der Waals surface area (Å²) in [5.74, 6) is 1.93. The van der Waals surface area contributed by atoms with Gasteiger partial charge in [0.15, 0.2) is 5.76 Å². The number of nitrogens with zero attached hydrogens (tertiary/aromatic N) is 4. The Kier molecular flexibility index (Phi) is 4.41. The molecule has 0 saturated carbocycles. The van der Waals surface area contributed by atoms with E-state index in [4.69, 9.17) is 9.26 Å². The van der Waals surface area contributed by atoms with Gasteiger partial charge in [0.2, 0.25) is 0 Å². The zero-order valence-electron chi connectivity index (χ0n) is 13.4. The molecule has 2 aromatic heterocycles. The van der Waals surface area contributed by atoms with Gasteiger partial charge in [-0.1, -0.05) is 9.64 Å². The number of hydrogen-bond donors (Lipinski definition) is 0. The first-order valence-corrected chi connectivity index (χ1v) is 9.13. The van der Waals surface area contributed by atoms with Crippen LogP contribution in [0.1, 0.15) is 36.6 Å². The van der Waals surface area contributed by atoms with Crippen molar-refractivity contribution < 1.29 is 9.26 Å². The Hall–Kier alpha value is -1.31. The smallest absolute Gasteiger partial charge is 0.180 e. The van der Waals surface area contributed by atoms with E-state index in [9.17, 15) is 0 Å². The molecule has 2 aromatic rings. The fourth-order valence-electron chi connectivity index (χ4n) is 3.64. The molecule has 6 nitrogen and oxygen atoms in total. The fraction of sp³-hybridized carbons (Fsp3) is 0.688. The zero-order valence-corrected chi connectivity index (χ0v) is 14.2. The van der Waals surface area contributed by atoms with E-state index in [1.54, 1.807) is 0 Å². The van der Waals surface area contributed by atoms with Gasteiger partial charge in [-0.15, -0.1) is 5.10 Å². The third kappa shape index (κ3) is 3.32. The van der Waals surface area contributed by atoms with Crippen molar-refractivity contribution in [3.8, 4) is 10.6 Å². The topological polar surface area (TPSA) is 64.3 Å². The molecule has 2 aliphatic rings. The molecule has 0 aliphatic carbocycles. The SMILES string of the molecule is Cc1cc(-c2snnc2[C@H]2CCCN(C[C@@H]3CCOC3)C2)on1. The van der Waals surface area contributed by atoms with Crippen LogP contribution in [0.25, 0.3) is 10.6 Å². The summed E-state index contributed by atoms with van der Waals surface area (Å²) in [4.78, 5) is 3.61. The first-order valence-electron chi connectivity index (χ1n) is 8.35. The molecule has 0 aromatic carbocycles. The summed E-state index contributed by atoms with van der Waals surface area (Å²) in [6.07, 6.45) is 3.58. The zero-order chi connectivity index (χ0) is 15.6. The third-order valence-electron chi connectivity index (χ3n) is 4.80. The minimum absolute atomic E-state index is 0.435.